The fourth-order valence-corrected chi connectivity index (χ4v) is 2.91. The Morgan fingerprint density at radius 3 is 3.00 bits per heavy atom. The third kappa shape index (κ3) is 4.27. The van der Waals surface area contributed by atoms with Gasteiger partial charge in [-0.25, -0.2) is 14.2 Å². The van der Waals surface area contributed by atoms with Gasteiger partial charge in [0, 0.05) is 12.7 Å². The zero-order valence-corrected chi connectivity index (χ0v) is 14.8. The van der Waals surface area contributed by atoms with E-state index in [9.17, 15) is 19.6 Å². The van der Waals surface area contributed by atoms with Crippen molar-refractivity contribution in [2.75, 3.05) is 19.7 Å². The van der Waals surface area contributed by atoms with Crippen molar-refractivity contribution in [3.8, 4) is 11.9 Å². The first-order valence-corrected chi connectivity index (χ1v) is 8.43. The van der Waals surface area contributed by atoms with Gasteiger partial charge in [0.2, 0.25) is 5.88 Å². The minimum absolute atomic E-state index is 0.0338. The molecule has 140 valence electrons. The third-order valence-corrected chi connectivity index (χ3v) is 4.40. The fraction of sp³-hybridized carbons (Fsp3) is 0.278. The number of rotatable bonds is 3. The Kier molecular flexibility index (Phi) is 5.74. The van der Waals surface area contributed by atoms with Crippen molar-refractivity contribution in [2.45, 2.75) is 12.2 Å². The van der Waals surface area contributed by atoms with E-state index in [2.05, 4.69) is 4.98 Å². The molecule has 0 aliphatic carbocycles. The van der Waals surface area contributed by atoms with E-state index < -0.39 is 24.1 Å². The highest BCUT2D eigenvalue weighted by molar-refractivity contribution is 6.30. The lowest BCUT2D eigenvalue weighted by Crippen LogP contribution is -2.40. The molecule has 0 bridgehead atoms. The van der Waals surface area contributed by atoms with Crippen molar-refractivity contribution in [2.24, 2.45) is 0 Å². The largest absolute Gasteiger partial charge is 0.468 e. The maximum absolute atomic E-state index is 13.9. The summed E-state index contributed by atoms with van der Waals surface area (Å²) in [6, 6.07) is 9.30. The van der Waals surface area contributed by atoms with Crippen LogP contribution >= 0.6 is 11.6 Å². The lowest BCUT2D eigenvalue weighted by atomic mass is 10.0. The van der Waals surface area contributed by atoms with Gasteiger partial charge < -0.3 is 19.5 Å². The van der Waals surface area contributed by atoms with Crippen molar-refractivity contribution in [1.82, 2.24) is 9.88 Å². The number of carbonyl (C=O) groups is 1. The van der Waals surface area contributed by atoms with Gasteiger partial charge in [-0.3, -0.25) is 0 Å². The average Bonchev–Trinajstić information content (AvgIpc) is 2.87. The molecule has 3 rings (SSSR count). The van der Waals surface area contributed by atoms with Crippen LogP contribution in [0, 0.1) is 17.1 Å². The van der Waals surface area contributed by atoms with Crippen molar-refractivity contribution in [3.05, 3.63) is 58.5 Å². The van der Waals surface area contributed by atoms with E-state index in [4.69, 9.17) is 21.1 Å². The molecule has 1 saturated heterocycles. The predicted octanol–water partition coefficient (Wildman–Crippen LogP) is 3.24. The normalized spacial score (nSPS) is 19.8. The van der Waals surface area contributed by atoms with Gasteiger partial charge in [-0.05, 0) is 29.8 Å². The van der Waals surface area contributed by atoms with Crippen molar-refractivity contribution in [3.63, 3.8) is 0 Å². The Morgan fingerprint density at radius 2 is 2.30 bits per heavy atom. The number of aromatic nitrogens is 1. The molecule has 0 unspecified atom stereocenters. The molecule has 1 aliphatic heterocycles. The van der Waals surface area contributed by atoms with Gasteiger partial charge >= 0.3 is 6.09 Å². The number of pyridine rings is 1. The lowest BCUT2D eigenvalue weighted by molar-refractivity contribution is -0.0111. The predicted molar refractivity (Wildman–Crippen MR) is 93.1 cm³/mol. The van der Waals surface area contributed by atoms with Crippen LogP contribution in [0.5, 0.6) is 5.88 Å². The third-order valence-electron chi connectivity index (χ3n) is 4.09. The molecule has 0 spiro atoms. The summed E-state index contributed by atoms with van der Waals surface area (Å²) in [4.78, 5) is 16.6. The first-order valence-electron chi connectivity index (χ1n) is 8.06. The highest BCUT2D eigenvalue weighted by Gasteiger charge is 2.34. The van der Waals surface area contributed by atoms with Gasteiger partial charge in [0.1, 0.15) is 29.7 Å². The van der Waals surface area contributed by atoms with Gasteiger partial charge in [-0.2, -0.15) is 5.26 Å². The summed E-state index contributed by atoms with van der Waals surface area (Å²) in [5.74, 6) is -0.563. The number of carboxylic acid groups (broad SMARTS) is 1. The molecule has 2 atom stereocenters. The number of amides is 1. The molecule has 7 nitrogen and oxygen atoms in total. The Hall–Kier alpha value is -2.89. The topological polar surface area (TPSA) is 95.7 Å². The molecule has 1 N–H and O–H groups in total. The molecular formula is C18H15ClFN3O4. The van der Waals surface area contributed by atoms with Crippen LogP contribution in [0.1, 0.15) is 17.2 Å². The molecule has 1 fully saturated rings. The zero-order chi connectivity index (χ0) is 19.4. The summed E-state index contributed by atoms with van der Waals surface area (Å²) < 4.78 is 25.6. The van der Waals surface area contributed by atoms with Crippen LogP contribution in [0.25, 0.3) is 0 Å². The van der Waals surface area contributed by atoms with Crippen LogP contribution in [0.15, 0.2) is 36.5 Å². The van der Waals surface area contributed by atoms with E-state index in [1.54, 1.807) is 12.1 Å². The van der Waals surface area contributed by atoms with Gasteiger partial charge in [0.05, 0.1) is 18.2 Å². The van der Waals surface area contributed by atoms with Crippen molar-refractivity contribution < 1.29 is 23.8 Å². The van der Waals surface area contributed by atoms with Crippen LogP contribution in [0.4, 0.5) is 9.18 Å². The smallest absolute Gasteiger partial charge is 0.407 e. The minimum Gasteiger partial charge on any atom is -0.468 e. The monoisotopic (exact) mass is 391 g/mol. The summed E-state index contributed by atoms with van der Waals surface area (Å²) in [7, 11) is 0. The Morgan fingerprint density at radius 1 is 1.48 bits per heavy atom. The zero-order valence-electron chi connectivity index (χ0n) is 14.0. The molecule has 2 heterocycles. The van der Waals surface area contributed by atoms with Crippen LogP contribution in [-0.4, -0.2) is 46.9 Å². The average molecular weight is 392 g/mol. The quantitative estimate of drug-likeness (QED) is 0.862. The number of hydrogen-bond donors (Lipinski definition) is 1. The second-order valence-corrected chi connectivity index (χ2v) is 6.22. The molecule has 1 amide bonds. The second-order valence-electron chi connectivity index (χ2n) is 5.82. The van der Waals surface area contributed by atoms with Crippen LogP contribution in [-0.2, 0) is 4.74 Å². The summed E-state index contributed by atoms with van der Waals surface area (Å²) >= 11 is 5.74. The maximum Gasteiger partial charge on any atom is 0.407 e. The van der Waals surface area contributed by atoms with Gasteiger partial charge in [-0.15, -0.1) is 0 Å². The molecule has 1 aliphatic rings. The Labute approximate surface area is 159 Å². The lowest BCUT2D eigenvalue weighted by Gasteiger charge is -2.27. The fourth-order valence-electron chi connectivity index (χ4n) is 2.79. The van der Waals surface area contributed by atoms with E-state index in [1.165, 1.54) is 24.4 Å². The number of halogens is 2. The number of nitrogens with zero attached hydrogens (tertiary/aromatic N) is 3. The first-order chi connectivity index (χ1) is 13.0. The van der Waals surface area contributed by atoms with Crippen molar-refractivity contribution in [1.29, 1.82) is 5.26 Å². The van der Waals surface area contributed by atoms with E-state index in [1.807, 2.05) is 6.07 Å². The molecule has 0 saturated carbocycles. The van der Waals surface area contributed by atoms with Gasteiger partial charge in [0.15, 0.2) is 0 Å². The Bertz CT molecular complexity index is 889. The highest BCUT2D eigenvalue weighted by Crippen LogP contribution is 2.30. The highest BCUT2D eigenvalue weighted by atomic mass is 35.5. The van der Waals surface area contributed by atoms with E-state index in [0.717, 1.165) is 4.90 Å². The molecule has 27 heavy (non-hydrogen) atoms. The number of benzene rings is 1. The molecule has 0 radical (unpaired) electrons. The molecule has 2 aromatic rings. The van der Waals surface area contributed by atoms with Crippen LogP contribution < -0.4 is 4.74 Å². The molecule has 1 aromatic heterocycles. The standard InChI is InChI=1S/C18H15ClFN3O4/c19-13-4-3-11(8-14(13)20)16-15(10-23(18(24)25)6-7-26-16)27-17-12(9-21)2-1-5-22-17/h1-5,8,15-16H,6-7,10H2,(H,24,25)/t15-,16-/m0/s1. The van der Waals surface area contributed by atoms with Crippen LogP contribution in [0.2, 0.25) is 5.02 Å². The first kappa shape index (κ1) is 18.9. The second kappa shape index (κ2) is 8.20. The summed E-state index contributed by atoms with van der Waals surface area (Å²) in [6.07, 6.45) is -1.28. The summed E-state index contributed by atoms with van der Waals surface area (Å²) in [5.41, 5.74) is 0.647. The SMILES string of the molecule is N#Cc1cccnc1O[C@H]1CN(C(=O)O)CCO[C@H]1c1ccc(Cl)c(F)c1. The van der Waals surface area contributed by atoms with E-state index in [-0.39, 0.29) is 36.2 Å². The van der Waals surface area contributed by atoms with Gasteiger partial charge in [0.25, 0.3) is 0 Å². The number of nitriles is 1. The Balaban J connectivity index is 1.96. The molecular weight excluding hydrogens is 377 g/mol. The number of ether oxygens (including phenoxy) is 2. The minimum atomic E-state index is -1.13. The summed E-state index contributed by atoms with van der Waals surface area (Å²) in [5, 5.41) is 18.5. The van der Waals surface area contributed by atoms with E-state index in [0.29, 0.717) is 5.56 Å². The van der Waals surface area contributed by atoms with Gasteiger partial charge in [-0.1, -0.05) is 17.7 Å². The maximum atomic E-state index is 13.9. The molecule has 1 aromatic carbocycles. The van der Waals surface area contributed by atoms with Crippen LogP contribution in [0.3, 0.4) is 0 Å². The van der Waals surface area contributed by atoms with E-state index >= 15 is 0 Å². The van der Waals surface area contributed by atoms with Crippen molar-refractivity contribution >= 4 is 17.7 Å². The molecule has 9 heteroatoms. The number of hydrogen-bond acceptors (Lipinski definition) is 5. The summed E-state index contributed by atoms with van der Waals surface area (Å²) in [6.45, 7) is 0.204.